The van der Waals surface area contributed by atoms with Gasteiger partial charge in [0.15, 0.2) is 0 Å². The molecule has 0 bridgehead atoms. The molecule has 1 atom stereocenters. The first-order chi connectivity index (χ1) is 4.34. The molecule has 0 aliphatic carbocycles. The van der Waals surface area contributed by atoms with Crippen molar-refractivity contribution in [1.82, 2.24) is 0 Å². The van der Waals surface area contributed by atoms with Gasteiger partial charge in [-0.25, -0.2) is 0 Å². The highest BCUT2D eigenvalue weighted by Gasteiger charge is 2.28. The van der Waals surface area contributed by atoms with Crippen molar-refractivity contribution >= 4 is 7.12 Å². The molecule has 2 nitrogen and oxygen atoms in total. The fraction of sp³-hybridized carbons (Fsp3) is 1.00. The summed E-state index contributed by atoms with van der Waals surface area (Å²) >= 11 is 0. The third-order valence-corrected chi connectivity index (χ3v) is 1.76. The van der Waals surface area contributed by atoms with E-state index < -0.39 is 0 Å². The van der Waals surface area contributed by atoms with Crippen molar-refractivity contribution in [3.8, 4) is 0 Å². The highest BCUT2D eigenvalue weighted by Crippen LogP contribution is 2.18. The Hall–Kier alpha value is -0.0151. The van der Waals surface area contributed by atoms with E-state index in [0.29, 0.717) is 5.82 Å². The Morgan fingerprint density at radius 1 is 1.44 bits per heavy atom. The molecular weight excluding hydrogens is 115 g/mol. The second kappa shape index (κ2) is 3.23. The molecule has 3 heteroatoms. The SMILES string of the molecule is CCC(C)B1OCCO1. The average Bonchev–Trinajstić information content (AvgIpc) is 2.37. The lowest BCUT2D eigenvalue weighted by Crippen LogP contribution is -2.19. The summed E-state index contributed by atoms with van der Waals surface area (Å²) in [5.74, 6) is 0.549. The molecule has 0 aromatic rings. The van der Waals surface area contributed by atoms with E-state index >= 15 is 0 Å². The molecule has 0 aromatic carbocycles. The lowest BCUT2D eigenvalue weighted by Gasteiger charge is -2.08. The van der Waals surface area contributed by atoms with Gasteiger partial charge in [-0.2, -0.15) is 0 Å². The first-order valence-corrected chi connectivity index (χ1v) is 3.57. The van der Waals surface area contributed by atoms with Gasteiger partial charge in [0.2, 0.25) is 0 Å². The molecule has 52 valence electrons. The first kappa shape index (κ1) is 7.10. The van der Waals surface area contributed by atoms with Crippen molar-refractivity contribution in [3.63, 3.8) is 0 Å². The summed E-state index contributed by atoms with van der Waals surface area (Å²) in [5, 5.41) is 0. The summed E-state index contributed by atoms with van der Waals surface area (Å²) in [4.78, 5) is 0. The lowest BCUT2D eigenvalue weighted by atomic mass is 9.72. The van der Waals surface area contributed by atoms with Crippen molar-refractivity contribution < 1.29 is 9.31 Å². The highest BCUT2D eigenvalue weighted by atomic mass is 16.6. The van der Waals surface area contributed by atoms with Crippen LogP contribution in [0.25, 0.3) is 0 Å². The van der Waals surface area contributed by atoms with Crippen LogP contribution < -0.4 is 0 Å². The van der Waals surface area contributed by atoms with Gasteiger partial charge in [0.05, 0.1) is 13.2 Å². The maximum absolute atomic E-state index is 5.28. The average molecular weight is 128 g/mol. The molecule has 1 aliphatic rings. The summed E-state index contributed by atoms with van der Waals surface area (Å²) in [5.41, 5.74) is 0. The summed E-state index contributed by atoms with van der Waals surface area (Å²) in [6, 6.07) is 0. The lowest BCUT2D eigenvalue weighted by molar-refractivity contribution is 0.358. The summed E-state index contributed by atoms with van der Waals surface area (Å²) < 4.78 is 10.6. The Balaban J connectivity index is 2.24. The van der Waals surface area contributed by atoms with Crippen molar-refractivity contribution in [2.45, 2.75) is 26.1 Å². The van der Waals surface area contributed by atoms with Gasteiger partial charge in [0.25, 0.3) is 0 Å². The molecule has 1 rings (SSSR count). The Morgan fingerprint density at radius 2 is 2.00 bits per heavy atom. The largest absolute Gasteiger partial charge is 0.460 e. The van der Waals surface area contributed by atoms with Crippen LogP contribution in [0, 0.1) is 0 Å². The van der Waals surface area contributed by atoms with Gasteiger partial charge in [-0.3, -0.25) is 0 Å². The van der Waals surface area contributed by atoms with Crippen LogP contribution in [-0.2, 0) is 9.31 Å². The molecular formula is C6H13BO2. The fourth-order valence-corrected chi connectivity index (χ4v) is 0.898. The zero-order valence-electron chi connectivity index (χ0n) is 6.09. The van der Waals surface area contributed by atoms with Gasteiger partial charge >= 0.3 is 7.12 Å². The quantitative estimate of drug-likeness (QED) is 0.522. The second-order valence-corrected chi connectivity index (χ2v) is 2.50. The Morgan fingerprint density at radius 3 is 2.44 bits per heavy atom. The van der Waals surface area contributed by atoms with E-state index in [1.54, 1.807) is 0 Å². The molecule has 1 heterocycles. The molecule has 0 radical (unpaired) electrons. The predicted molar refractivity (Wildman–Crippen MR) is 37.4 cm³/mol. The van der Waals surface area contributed by atoms with Crippen LogP contribution >= 0.6 is 0 Å². The van der Waals surface area contributed by atoms with E-state index in [-0.39, 0.29) is 7.12 Å². The molecule has 0 aromatic heterocycles. The number of rotatable bonds is 2. The van der Waals surface area contributed by atoms with Crippen LogP contribution in [-0.4, -0.2) is 20.3 Å². The van der Waals surface area contributed by atoms with E-state index in [9.17, 15) is 0 Å². The highest BCUT2D eigenvalue weighted by molar-refractivity contribution is 6.46. The maximum atomic E-state index is 5.28. The topological polar surface area (TPSA) is 18.5 Å². The van der Waals surface area contributed by atoms with Crippen LogP contribution in [0.2, 0.25) is 5.82 Å². The van der Waals surface area contributed by atoms with E-state index in [0.717, 1.165) is 19.6 Å². The molecule has 1 aliphatic heterocycles. The maximum Gasteiger partial charge on any atom is 0.460 e. The number of hydrogen-bond acceptors (Lipinski definition) is 2. The Bertz CT molecular complexity index is 81.1. The Kier molecular flexibility index (Phi) is 2.55. The predicted octanol–water partition coefficient (Wildman–Crippen LogP) is 1.32. The molecule has 1 saturated heterocycles. The van der Waals surface area contributed by atoms with E-state index in [1.807, 2.05) is 0 Å². The minimum Gasteiger partial charge on any atom is -0.409 e. The minimum absolute atomic E-state index is 0.0787. The second-order valence-electron chi connectivity index (χ2n) is 2.50. The Labute approximate surface area is 56.7 Å². The summed E-state index contributed by atoms with van der Waals surface area (Å²) in [7, 11) is 0.0787. The summed E-state index contributed by atoms with van der Waals surface area (Å²) in [6.45, 7) is 5.84. The molecule has 1 unspecified atom stereocenters. The van der Waals surface area contributed by atoms with Crippen molar-refractivity contribution in [2.75, 3.05) is 13.2 Å². The van der Waals surface area contributed by atoms with Crippen LogP contribution in [0.3, 0.4) is 0 Å². The van der Waals surface area contributed by atoms with Crippen molar-refractivity contribution in [1.29, 1.82) is 0 Å². The molecule has 0 saturated carbocycles. The van der Waals surface area contributed by atoms with Gasteiger partial charge < -0.3 is 9.31 Å². The number of hydrogen-bond donors (Lipinski definition) is 0. The van der Waals surface area contributed by atoms with Crippen LogP contribution in [0.1, 0.15) is 20.3 Å². The van der Waals surface area contributed by atoms with Crippen LogP contribution in [0.4, 0.5) is 0 Å². The smallest absolute Gasteiger partial charge is 0.409 e. The van der Waals surface area contributed by atoms with E-state index in [4.69, 9.17) is 9.31 Å². The van der Waals surface area contributed by atoms with Gasteiger partial charge in [-0.1, -0.05) is 20.3 Å². The normalized spacial score (nSPS) is 22.7. The zero-order chi connectivity index (χ0) is 6.69. The van der Waals surface area contributed by atoms with Gasteiger partial charge in [-0.05, 0) is 5.82 Å². The van der Waals surface area contributed by atoms with Crippen LogP contribution in [0.15, 0.2) is 0 Å². The van der Waals surface area contributed by atoms with Crippen molar-refractivity contribution in [3.05, 3.63) is 0 Å². The molecule has 0 N–H and O–H groups in total. The van der Waals surface area contributed by atoms with E-state index in [2.05, 4.69) is 13.8 Å². The third-order valence-electron chi connectivity index (χ3n) is 1.76. The minimum atomic E-state index is 0.0787. The monoisotopic (exact) mass is 128 g/mol. The molecule has 0 spiro atoms. The van der Waals surface area contributed by atoms with Crippen LogP contribution in [0.5, 0.6) is 0 Å². The van der Waals surface area contributed by atoms with Gasteiger partial charge in [0, 0.05) is 0 Å². The summed E-state index contributed by atoms with van der Waals surface area (Å²) in [6.07, 6.45) is 1.13. The van der Waals surface area contributed by atoms with E-state index in [1.165, 1.54) is 0 Å². The van der Waals surface area contributed by atoms with Gasteiger partial charge in [0.1, 0.15) is 0 Å². The van der Waals surface area contributed by atoms with Crippen molar-refractivity contribution in [2.24, 2.45) is 0 Å². The molecule has 0 amide bonds. The van der Waals surface area contributed by atoms with Gasteiger partial charge in [-0.15, -0.1) is 0 Å². The fourth-order valence-electron chi connectivity index (χ4n) is 0.898. The molecule has 9 heavy (non-hydrogen) atoms. The third kappa shape index (κ3) is 1.70. The standard InChI is InChI=1S/C6H13BO2/c1-3-6(2)7-8-4-5-9-7/h6H,3-5H2,1-2H3. The first-order valence-electron chi connectivity index (χ1n) is 3.57. The molecule has 1 fully saturated rings. The zero-order valence-corrected chi connectivity index (χ0v) is 6.09.